The summed E-state index contributed by atoms with van der Waals surface area (Å²) in [5.41, 5.74) is 0. The van der Waals surface area contributed by atoms with Crippen LogP contribution < -0.4 is 0 Å². The fraction of sp³-hybridized carbons (Fsp3) is 0.632. The number of rotatable bonds is 44. The summed E-state index contributed by atoms with van der Waals surface area (Å²) in [5, 5.41) is 0. The van der Waals surface area contributed by atoms with Gasteiger partial charge >= 0.3 is 17.9 Å². The predicted molar refractivity (Wildman–Crippen MR) is 270 cm³/mol. The van der Waals surface area contributed by atoms with E-state index >= 15 is 0 Å². The van der Waals surface area contributed by atoms with Crippen LogP contribution in [0.25, 0.3) is 0 Å². The fourth-order valence-electron chi connectivity index (χ4n) is 6.50. The Labute approximate surface area is 387 Å². The van der Waals surface area contributed by atoms with Crippen molar-refractivity contribution in [2.24, 2.45) is 0 Å². The molecule has 0 saturated heterocycles. The Morgan fingerprint density at radius 3 is 1.10 bits per heavy atom. The van der Waals surface area contributed by atoms with Crippen LogP contribution in [0, 0.1) is 0 Å². The molecule has 0 fully saturated rings. The van der Waals surface area contributed by atoms with Gasteiger partial charge in [0.05, 0.1) is 0 Å². The third kappa shape index (κ3) is 49.0. The molecule has 0 bridgehead atoms. The van der Waals surface area contributed by atoms with Gasteiger partial charge in [0.15, 0.2) is 6.10 Å². The van der Waals surface area contributed by atoms with Crippen molar-refractivity contribution in [1.29, 1.82) is 0 Å². The second kappa shape index (κ2) is 50.7. The molecule has 0 aromatic carbocycles. The van der Waals surface area contributed by atoms with Crippen LogP contribution in [-0.4, -0.2) is 37.2 Å². The molecule has 0 aliphatic carbocycles. The average Bonchev–Trinajstić information content (AvgIpc) is 3.28. The molecule has 0 aromatic rings. The first-order valence-electron chi connectivity index (χ1n) is 25.4. The van der Waals surface area contributed by atoms with Gasteiger partial charge in [0.2, 0.25) is 0 Å². The van der Waals surface area contributed by atoms with Crippen LogP contribution in [0.5, 0.6) is 0 Å². The van der Waals surface area contributed by atoms with Crippen molar-refractivity contribution in [3.8, 4) is 0 Å². The molecular weight excluding hydrogens is 781 g/mol. The lowest BCUT2D eigenvalue weighted by Gasteiger charge is -2.18. The molecule has 6 heteroatoms. The summed E-state index contributed by atoms with van der Waals surface area (Å²) in [4.78, 5) is 37.9. The van der Waals surface area contributed by atoms with Crippen molar-refractivity contribution in [2.75, 3.05) is 13.2 Å². The highest BCUT2D eigenvalue weighted by Crippen LogP contribution is 2.12. The summed E-state index contributed by atoms with van der Waals surface area (Å²) in [6, 6.07) is 0. The van der Waals surface area contributed by atoms with E-state index in [1.807, 2.05) is 12.2 Å². The summed E-state index contributed by atoms with van der Waals surface area (Å²) < 4.78 is 16.7. The van der Waals surface area contributed by atoms with Gasteiger partial charge in [-0.15, -0.1) is 0 Å². The Morgan fingerprint density at radius 1 is 0.333 bits per heavy atom. The maximum Gasteiger partial charge on any atom is 0.306 e. The first-order chi connectivity index (χ1) is 31.0. The van der Waals surface area contributed by atoms with Gasteiger partial charge < -0.3 is 14.2 Å². The third-order valence-electron chi connectivity index (χ3n) is 10.3. The molecule has 0 amide bonds. The highest BCUT2D eigenvalue weighted by atomic mass is 16.6. The number of unbranched alkanes of at least 4 members (excludes halogenated alkanes) is 15. The first kappa shape index (κ1) is 59.1. The molecule has 0 aliphatic heterocycles. The van der Waals surface area contributed by atoms with Crippen LogP contribution in [0.1, 0.15) is 213 Å². The number of hydrogen-bond donors (Lipinski definition) is 0. The number of carbonyl (C=O) groups excluding carboxylic acids is 3. The molecule has 0 spiro atoms. The second-order valence-electron chi connectivity index (χ2n) is 16.3. The molecule has 0 aliphatic rings. The lowest BCUT2D eigenvalue weighted by Crippen LogP contribution is -2.30. The van der Waals surface area contributed by atoms with E-state index < -0.39 is 6.10 Å². The molecule has 0 radical (unpaired) electrons. The Kier molecular flexibility index (Phi) is 47.5. The molecule has 0 heterocycles. The van der Waals surface area contributed by atoms with Gasteiger partial charge in [0.25, 0.3) is 0 Å². The number of ether oxygens (including phenoxy) is 3. The van der Waals surface area contributed by atoms with E-state index in [2.05, 4.69) is 118 Å². The van der Waals surface area contributed by atoms with Crippen LogP contribution >= 0.6 is 0 Å². The number of allylic oxidation sites excluding steroid dienone is 18. The van der Waals surface area contributed by atoms with E-state index in [0.29, 0.717) is 12.8 Å². The predicted octanol–water partition coefficient (Wildman–Crippen LogP) is 16.8. The second-order valence-corrected chi connectivity index (χ2v) is 16.3. The molecule has 1 unspecified atom stereocenters. The SMILES string of the molecule is CC/C=C\C/C=C\C/C=C\C/C=C\C/C=C\C/C=C\CCC(=O)OCC(COC(=O)CCCCCCC/C=C\C/C=C\CC)OC(=O)CCCCC/C=C\CCCCCCCCC. The molecule has 63 heavy (non-hydrogen) atoms. The molecule has 6 nitrogen and oxygen atoms in total. The quantitative estimate of drug-likeness (QED) is 0.0263. The van der Waals surface area contributed by atoms with E-state index in [0.717, 1.165) is 122 Å². The van der Waals surface area contributed by atoms with Gasteiger partial charge in [-0.25, -0.2) is 0 Å². The summed E-state index contributed by atoms with van der Waals surface area (Å²) in [7, 11) is 0. The van der Waals surface area contributed by atoms with E-state index in [-0.39, 0.29) is 44.0 Å². The molecule has 0 rings (SSSR count). The van der Waals surface area contributed by atoms with Crippen molar-refractivity contribution < 1.29 is 28.6 Å². The topological polar surface area (TPSA) is 78.9 Å². The normalized spacial score (nSPS) is 13.0. The Morgan fingerprint density at radius 2 is 0.651 bits per heavy atom. The minimum atomic E-state index is -0.823. The molecule has 0 saturated carbocycles. The molecule has 0 N–H and O–H groups in total. The van der Waals surface area contributed by atoms with E-state index in [1.54, 1.807) is 0 Å². The van der Waals surface area contributed by atoms with Gasteiger partial charge in [-0.05, 0) is 109 Å². The standard InChI is InChI=1S/C57H92O6/c1-4-7-10-13-16-19-22-25-27-28-29-30-31-33-35-38-41-44-47-50-56(59)62-53-54(52-61-55(58)49-46-43-40-37-34-24-21-18-15-12-9-6-3)63-57(60)51-48-45-42-39-36-32-26-23-20-17-14-11-8-5-2/h7,9-10,12,16,18-19,21,25,27,29-30,32-33,35-36,41,44,54H,4-6,8,11,13-15,17,20,22-24,26,28,31,34,37-40,42-43,45-53H2,1-3H3/b10-7-,12-9-,19-16-,21-18-,27-25-,30-29-,35-33-,36-32-,44-41-. The maximum absolute atomic E-state index is 12.8. The van der Waals surface area contributed by atoms with Gasteiger partial charge in [0, 0.05) is 19.3 Å². The van der Waals surface area contributed by atoms with Gasteiger partial charge in [-0.3, -0.25) is 14.4 Å². The fourth-order valence-corrected chi connectivity index (χ4v) is 6.50. The summed E-state index contributed by atoms with van der Waals surface area (Å²) in [6.45, 7) is 6.30. The minimum absolute atomic E-state index is 0.117. The zero-order valence-corrected chi connectivity index (χ0v) is 40.5. The Balaban J connectivity index is 4.54. The van der Waals surface area contributed by atoms with Crippen molar-refractivity contribution in [3.63, 3.8) is 0 Å². The monoisotopic (exact) mass is 873 g/mol. The molecule has 356 valence electrons. The van der Waals surface area contributed by atoms with Crippen LogP contribution in [0.15, 0.2) is 109 Å². The van der Waals surface area contributed by atoms with Crippen molar-refractivity contribution in [1.82, 2.24) is 0 Å². The highest BCUT2D eigenvalue weighted by molar-refractivity contribution is 5.71. The smallest absolute Gasteiger partial charge is 0.306 e. The first-order valence-corrected chi connectivity index (χ1v) is 25.4. The lowest BCUT2D eigenvalue weighted by atomic mass is 10.1. The maximum atomic E-state index is 12.8. The van der Waals surface area contributed by atoms with E-state index in [1.165, 1.54) is 44.9 Å². The molecular formula is C57H92O6. The van der Waals surface area contributed by atoms with Crippen molar-refractivity contribution in [3.05, 3.63) is 109 Å². The van der Waals surface area contributed by atoms with Crippen molar-refractivity contribution >= 4 is 17.9 Å². The number of carbonyl (C=O) groups is 3. The Hall–Kier alpha value is -3.93. The zero-order chi connectivity index (χ0) is 45.8. The molecule has 0 aromatic heterocycles. The Bertz CT molecular complexity index is 1330. The van der Waals surface area contributed by atoms with Gasteiger partial charge in [0.1, 0.15) is 13.2 Å². The number of esters is 3. The van der Waals surface area contributed by atoms with Crippen molar-refractivity contribution in [2.45, 2.75) is 219 Å². The van der Waals surface area contributed by atoms with Crippen LogP contribution in [0.4, 0.5) is 0 Å². The lowest BCUT2D eigenvalue weighted by molar-refractivity contribution is -0.166. The number of hydrogen-bond acceptors (Lipinski definition) is 6. The van der Waals surface area contributed by atoms with E-state index in [4.69, 9.17) is 14.2 Å². The summed E-state index contributed by atoms with van der Waals surface area (Å²) in [5.74, 6) is -1.04. The van der Waals surface area contributed by atoms with Crippen LogP contribution in [0.3, 0.4) is 0 Å². The van der Waals surface area contributed by atoms with E-state index in [9.17, 15) is 14.4 Å². The summed E-state index contributed by atoms with van der Waals surface area (Å²) in [6.07, 6.45) is 68.0. The minimum Gasteiger partial charge on any atom is -0.462 e. The van der Waals surface area contributed by atoms with Gasteiger partial charge in [-0.2, -0.15) is 0 Å². The average molecular weight is 873 g/mol. The summed E-state index contributed by atoms with van der Waals surface area (Å²) >= 11 is 0. The molecule has 1 atom stereocenters. The van der Waals surface area contributed by atoms with Crippen LogP contribution in [-0.2, 0) is 28.6 Å². The largest absolute Gasteiger partial charge is 0.462 e. The zero-order valence-electron chi connectivity index (χ0n) is 40.5. The van der Waals surface area contributed by atoms with Crippen LogP contribution in [0.2, 0.25) is 0 Å². The van der Waals surface area contributed by atoms with Gasteiger partial charge in [-0.1, -0.05) is 194 Å². The highest BCUT2D eigenvalue weighted by Gasteiger charge is 2.19. The third-order valence-corrected chi connectivity index (χ3v) is 10.3.